The second-order valence-electron chi connectivity index (χ2n) is 4.03. The smallest absolute Gasteiger partial charge is 0.223 e. The molecule has 1 heterocycles. The molecule has 1 aliphatic heterocycles. The second kappa shape index (κ2) is 2.73. The Morgan fingerprint density at radius 2 is 2.25 bits per heavy atom. The van der Waals surface area contributed by atoms with E-state index in [2.05, 4.69) is 5.32 Å². The molecule has 0 bridgehead atoms. The zero-order valence-electron chi connectivity index (χ0n) is 7.29. The van der Waals surface area contributed by atoms with Crippen LogP contribution in [0, 0.1) is 17.8 Å². The minimum absolute atomic E-state index is 0.0775. The zero-order valence-corrected chi connectivity index (χ0v) is 7.29. The molecular weight excluding hydrogens is 154 g/mol. The first-order valence-corrected chi connectivity index (χ1v) is 4.66. The molecule has 0 spiro atoms. The molecule has 2 fully saturated rings. The molecule has 3 nitrogen and oxygen atoms in total. The summed E-state index contributed by atoms with van der Waals surface area (Å²) in [6.07, 6.45) is 1.58. The van der Waals surface area contributed by atoms with E-state index in [1.165, 1.54) is 0 Å². The minimum atomic E-state index is -0.268. The number of aliphatic hydroxyl groups excluding tert-OH is 1. The third kappa shape index (κ3) is 1.04. The van der Waals surface area contributed by atoms with Gasteiger partial charge in [0.15, 0.2) is 0 Å². The van der Waals surface area contributed by atoms with Crippen molar-refractivity contribution in [1.82, 2.24) is 5.32 Å². The van der Waals surface area contributed by atoms with Crippen LogP contribution in [-0.2, 0) is 4.79 Å². The van der Waals surface area contributed by atoms with Crippen molar-refractivity contribution >= 4 is 5.91 Å². The molecular formula is C9H15NO2. The number of hydrogen-bond donors (Lipinski definition) is 2. The Kier molecular flexibility index (Phi) is 1.83. The predicted molar refractivity (Wildman–Crippen MR) is 44.4 cm³/mol. The Hall–Kier alpha value is -0.570. The van der Waals surface area contributed by atoms with Gasteiger partial charge >= 0.3 is 0 Å². The van der Waals surface area contributed by atoms with Crippen molar-refractivity contribution in [2.24, 2.45) is 17.8 Å². The molecule has 0 aromatic rings. The lowest BCUT2D eigenvalue weighted by molar-refractivity contribution is -0.127. The molecule has 0 radical (unpaired) electrons. The molecule has 1 aliphatic carbocycles. The van der Waals surface area contributed by atoms with E-state index >= 15 is 0 Å². The molecule has 0 aromatic carbocycles. The largest absolute Gasteiger partial charge is 0.393 e. The molecule has 2 N–H and O–H groups in total. The first-order chi connectivity index (χ1) is 5.70. The van der Waals surface area contributed by atoms with E-state index in [1.807, 2.05) is 6.92 Å². The van der Waals surface area contributed by atoms with Gasteiger partial charge in [-0.15, -0.1) is 0 Å². The zero-order chi connectivity index (χ0) is 8.72. The summed E-state index contributed by atoms with van der Waals surface area (Å²) in [5.41, 5.74) is 0. The molecule has 3 heteroatoms. The normalized spacial score (nSPS) is 47.0. The van der Waals surface area contributed by atoms with Crippen LogP contribution in [0.3, 0.4) is 0 Å². The van der Waals surface area contributed by atoms with Crippen molar-refractivity contribution in [3.63, 3.8) is 0 Å². The molecule has 2 rings (SSSR count). The van der Waals surface area contributed by atoms with E-state index in [0.29, 0.717) is 5.92 Å². The molecule has 1 amide bonds. The highest BCUT2D eigenvalue weighted by molar-refractivity contribution is 5.81. The topological polar surface area (TPSA) is 49.3 Å². The monoisotopic (exact) mass is 169 g/mol. The average Bonchev–Trinajstić information content (AvgIpc) is 2.41. The minimum Gasteiger partial charge on any atom is -0.393 e. The first-order valence-electron chi connectivity index (χ1n) is 4.66. The molecule has 2 aliphatic rings. The van der Waals surface area contributed by atoms with Gasteiger partial charge in [-0.05, 0) is 24.7 Å². The molecule has 4 unspecified atom stereocenters. The Morgan fingerprint density at radius 1 is 1.50 bits per heavy atom. The van der Waals surface area contributed by atoms with Gasteiger partial charge in [-0.3, -0.25) is 4.79 Å². The number of carbonyl (C=O) groups is 1. The fourth-order valence-electron chi connectivity index (χ4n) is 2.53. The number of fused-ring (bicyclic) bond motifs is 1. The van der Waals surface area contributed by atoms with Crippen molar-refractivity contribution in [3.05, 3.63) is 0 Å². The van der Waals surface area contributed by atoms with Gasteiger partial charge < -0.3 is 10.4 Å². The van der Waals surface area contributed by atoms with Crippen LogP contribution >= 0.6 is 0 Å². The highest BCUT2D eigenvalue weighted by atomic mass is 16.3. The number of amides is 1. The van der Waals surface area contributed by atoms with Gasteiger partial charge in [0.25, 0.3) is 0 Å². The standard InChI is InChI=1S/C9H15NO2/c1-5-7(11)3-2-6-4-10-9(12)8(5)6/h5-8,11H,2-4H2,1H3,(H,10,12). The Labute approximate surface area is 72.2 Å². The Bertz CT molecular complexity index is 205. The summed E-state index contributed by atoms with van der Waals surface area (Å²) in [4.78, 5) is 11.3. The summed E-state index contributed by atoms with van der Waals surface area (Å²) in [6, 6.07) is 0. The Balaban J connectivity index is 2.16. The van der Waals surface area contributed by atoms with Gasteiger partial charge in [-0.2, -0.15) is 0 Å². The van der Waals surface area contributed by atoms with Gasteiger partial charge in [0, 0.05) is 12.5 Å². The van der Waals surface area contributed by atoms with E-state index < -0.39 is 0 Å². The lowest BCUT2D eigenvalue weighted by Crippen LogP contribution is -2.37. The molecule has 4 atom stereocenters. The summed E-state index contributed by atoms with van der Waals surface area (Å²) >= 11 is 0. The number of aliphatic hydroxyl groups is 1. The highest BCUT2D eigenvalue weighted by Gasteiger charge is 2.43. The fraction of sp³-hybridized carbons (Fsp3) is 0.889. The van der Waals surface area contributed by atoms with E-state index in [1.54, 1.807) is 0 Å². The summed E-state index contributed by atoms with van der Waals surface area (Å²) in [7, 11) is 0. The Morgan fingerprint density at radius 3 is 3.00 bits per heavy atom. The van der Waals surface area contributed by atoms with Crippen LogP contribution in [0.15, 0.2) is 0 Å². The molecule has 1 saturated heterocycles. The maximum atomic E-state index is 11.3. The number of carbonyl (C=O) groups excluding carboxylic acids is 1. The van der Waals surface area contributed by atoms with Crippen LogP contribution in [-0.4, -0.2) is 23.7 Å². The van der Waals surface area contributed by atoms with Crippen molar-refractivity contribution < 1.29 is 9.90 Å². The summed E-state index contributed by atoms with van der Waals surface area (Å²) in [5.74, 6) is 0.849. The molecule has 12 heavy (non-hydrogen) atoms. The maximum Gasteiger partial charge on any atom is 0.223 e. The first kappa shape index (κ1) is 8.05. The van der Waals surface area contributed by atoms with Crippen LogP contribution in [0.2, 0.25) is 0 Å². The van der Waals surface area contributed by atoms with Crippen LogP contribution in [0.4, 0.5) is 0 Å². The van der Waals surface area contributed by atoms with Gasteiger partial charge in [0.05, 0.1) is 6.10 Å². The van der Waals surface area contributed by atoms with E-state index in [0.717, 1.165) is 19.4 Å². The lowest BCUT2D eigenvalue weighted by Gasteiger charge is -2.32. The van der Waals surface area contributed by atoms with Gasteiger partial charge in [-0.25, -0.2) is 0 Å². The summed E-state index contributed by atoms with van der Waals surface area (Å²) in [6.45, 7) is 2.80. The molecule has 68 valence electrons. The summed E-state index contributed by atoms with van der Waals surface area (Å²) in [5, 5.41) is 12.4. The lowest BCUT2D eigenvalue weighted by atomic mass is 9.73. The predicted octanol–water partition coefficient (Wildman–Crippen LogP) is 0.139. The van der Waals surface area contributed by atoms with Crippen molar-refractivity contribution in [2.45, 2.75) is 25.9 Å². The third-order valence-corrected chi connectivity index (χ3v) is 3.36. The fourth-order valence-corrected chi connectivity index (χ4v) is 2.53. The van der Waals surface area contributed by atoms with E-state index in [4.69, 9.17) is 0 Å². The van der Waals surface area contributed by atoms with Gasteiger partial charge in [0.1, 0.15) is 0 Å². The highest BCUT2D eigenvalue weighted by Crippen LogP contribution is 2.37. The van der Waals surface area contributed by atoms with Crippen LogP contribution in [0.1, 0.15) is 19.8 Å². The average molecular weight is 169 g/mol. The second-order valence-corrected chi connectivity index (χ2v) is 4.03. The quantitative estimate of drug-likeness (QED) is 0.542. The van der Waals surface area contributed by atoms with Crippen molar-refractivity contribution in [1.29, 1.82) is 0 Å². The SMILES string of the molecule is CC1C(O)CCC2CNC(=O)C21. The van der Waals surface area contributed by atoms with E-state index in [-0.39, 0.29) is 23.8 Å². The van der Waals surface area contributed by atoms with Crippen LogP contribution in [0.5, 0.6) is 0 Å². The van der Waals surface area contributed by atoms with Crippen molar-refractivity contribution in [3.8, 4) is 0 Å². The summed E-state index contributed by atoms with van der Waals surface area (Å²) < 4.78 is 0. The maximum absolute atomic E-state index is 11.3. The van der Waals surface area contributed by atoms with Crippen LogP contribution in [0.25, 0.3) is 0 Å². The van der Waals surface area contributed by atoms with E-state index in [9.17, 15) is 9.90 Å². The number of rotatable bonds is 0. The third-order valence-electron chi connectivity index (χ3n) is 3.36. The molecule has 1 saturated carbocycles. The number of nitrogens with one attached hydrogen (secondary N) is 1. The van der Waals surface area contributed by atoms with Crippen LogP contribution < -0.4 is 5.32 Å². The molecule has 0 aromatic heterocycles. The van der Waals surface area contributed by atoms with Gasteiger partial charge in [0.2, 0.25) is 5.91 Å². The van der Waals surface area contributed by atoms with Crippen molar-refractivity contribution in [2.75, 3.05) is 6.54 Å². The van der Waals surface area contributed by atoms with Gasteiger partial charge in [-0.1, -0.05) is 6.92 Å². The number of hydrogen-bond acceptors (Lipinski definition) is 2.